The van der Waals surface area contributed by atoms with Crippen molar-refractivity contribution in [2.45, 2.75) is 64.3 Å². The fourth-order valence-corrected chi connectivity index (χ4v) is 6.01. The topological polar surface area (TPSA) is 124 Å². The van der Waals surface area contributed by atoms with E-state index in [1.807, 2.05) is 48.5 Å². The van der Waals surface area contributed by atoms with Crippen LogP contribution in [0, 0.1) is 33.9 Å². The molecular weight excluding hydrogens is 573 g/mol. The number of aliphatic carboxylic acids is 1. The highest BCUT2D eigenvalue weighted by Crippen LogP contribution is 2.50. The number of hydrogen-bond acceptors (Lipinski definition) is 7. The molecule has 1 N–H and O–H groups in total. The molecule has 6 rings (SSSR count). The Hall–Kier alpha value is -4.93. The van der Waals surface area contributed by atoms with Gasteiger partial charge in [-0.25, -0.2) is 9.37 Å². The summed E-state index contributed by atoms with van der Waals surface area (Å²) in [5.74, 6) is 0.334. The second-order valence-electron chi connectivity index (χ2n) is 12.1. The van der Waals surface area contributed by atoms with Crippen molar-refractivity contribution < 1.29 is 23.8 Å². The molecule has 1 aliphatic carbocycles. The minimum Gasteiger partial charge on any atom is -0.490 e. The quantitative estimate of drug-likeness (QED) is 0.208. The molecule has 1 saturated heterocycles. The maximum atomic E-state index is 14.2. The molecule has 0 amide bonds. The molecule has 2 aliphatic rings. The van der Waals surface area contributed by atoms with E-state index in [4.69, 9.17) is 19.7 Å². The standard InChI is InChI=1S/C35H34FN5O4/c36-29-17-25(20-38)5-7-32(29)44-22-26-2-1-3-28(16-26)45-27-8-14-40(15-9-27)21-33-39-30-6-4-24(19-34(42)43)18-31(30)41(33)23-35(10-11-35)12-13-37/h1-7,16-18,27H,8-12,14-15,19,21-23H2,(H,42,43). The zero-order valence-corrected chi connectivity index (χ0v) is 24.9. The number of piperidine rings is 1. The third kappa shape index (κ3) is 7.25. The zero-order chi connectivity index (χ0) is 31.4. The van der Waals surface area contributed by atoms with E-state index >= 15 is 0 Å². The lowest BCUT2D eigenvalue weighted by Crippen LogP contribution is -2.38. The van der Waals surface area contributed by atoms with Gasteiger partial charge < -0.3 is 19.1 Å². The molecule has 0 bridgehead atoms. The SMILES string of the molecule is N#CCC1(Cn2c(CN3CCC(Oc4cccc(COc5ccc(C#N)cc5F)c4)CC3)nc3ccc(CC(=O)O)cc32)CC1. The third-order valence-electron chi connectivity index (χ3n) is 8.71. The molecule has 1 aromatic heterocycles. The monoisotopic (exact) mass is 607 g/mol. The number of likely N-dealkylation sites (tertiary alicyclic amines) is 1. The molecule has 0 atom stereocenters. The second kappa shape index (κ2) is 13.0. The number of nitrogens with zero attached hydrogens (tertiary/aromatic N) is 5. The molecule has 1 aliphatic heterocycles. The number of fused-ring (bicyclic) bond motifs is 1. The first-order chi connectivity index (χ1) is 21.8. The number of carboxylic acid groups (broad SMARTS) is 1. The van der Waals surface area contributed by atoms with E-state index in [9.17, 15) is 19.6 Å². The van der Waals surface area contributed by atoms with Crippen molar-refractivity contribution in [1.82, 2.24) is 14.5 Å². The van der Waals surface area contributed by atoms with Gasteiger partial charge in [0.2, 0.25) is 0 Å². The molecule has 2 fully saturated rings. The average Bonchev–Trinajstić information content (AvgIpc) is 3.71. The van der Waals surface area contributed by atoms with Gasteiger partial charge in [0.05, 0.1) is 41.7 Å². The summed E-state index contributed by atoms with van der Waals surface area (Å²) < 4.78 is 28.4. The van der Waals surface area contributed by atoms with Crippen molar-refractivity contribution in [3.05, 3.63) is 89.0 Å². The van der Waals surface area contributed by atoms with Gasteiger partial charge in [-0.15, -0.1) is 0 Å². The number of hydrogen-bond donors (Lipinski definition) is 1. The van der Waals surface area contributed by atoms with Gasteiger partial charge in [0, 0.05) is 31.5 Å². The van der Waals surface area contributed by atoms with Crippen LogP contribution in [0.4, 0.5) is 4.39 Å². The van der Waals surface area contributed by atoms with E-state index in [-0.39, 0.29) is 35.9 Å². The molecule has 0 radical (unpaired) electrons. The van der Waals surface area contributed by atoms with Gasteiger partial charge in [0.15, 0.2) is 11.6 Å². The summed E-state index contributed by atoms with van der Waals surface area (Å²) in [6.45, 7) is 3.22. The minimum atomic E-state index is -0.868. The van der Waals surface area contributed by atoms with Crippen molar-refractivity contribution in [1.29, 1.82) is 10.5 Å². The van der Waals surface area contributed by atoms with Crippen molar-refractivity contribution in [2.75, 3.05) is 13.1 Å². The molecule has 3 aromatic carbocycles. The first kappa shape index (κ1) is 30.1. The Kier molecular flexibility index (Phi) is 8.68. The van der Waals surface area contributed by atoms with E-state index in [0.29, 0.717) is 19.5 Å². The smallest absolute Gasteiger partial charge is 0.307 e. The van der Waals surface area contributed by atoms with Crippen LogP contribution in [0.15, 0.2) is 60.7 Å². The van der Waals surface area contributed by atoms with Crippen LogP contribution in [0.1, 0.15) is 54.6 Å². The van der Waals surface area contributed by atoms with Gasteiger partial charge in [-0.05, 0) is 79.3 Å². The Bertz CT molecular complexity index is 1790. The summed E-state index contributed by atoms with van der Waals surface area (Å²) >= 11 is 0. The Morgan fingerprint density at radius 3 is 2.60 bits per heavy atom. The Morgan fingerprint density at radius 2 is 1.89 bits per heavy atom. The lowest BCUT2D eigenvalue weighted by atomic mass is 10.0. The summed E-state index contributed by atoms with van der Waals surface area (Å²) in [4.78, 5) is 18.7. The van der Waals surface area contributed by atoms with Gasteiger partial charge in [-0.2, -0.15) is 10.5 Å². The molecule has 45 heavy (non-hydrogen) atoms. The van der Waals surface area contributed by atoms with E-state index < -0.39 is 11.8 Å². The molecule has 0 unspecified atom stereocenters. The van der Waals surface area contributed by atoms with E-state index in [1.54, 1.807) is 0 Å². The first-order valence-electron chi connectivity index (χ1n) is 15.2. The van der Waals surface area contributed by atoms with Crippen LogP contribution in [0.5, 0.6) is 11.5 Å². The van der Waals surface area contributed by atoms with Crippen molar-refractivity contribution >= 4 is 17.0 Å². The molecule has 0 spiro atoms. The Balaban J connectivity index is 1.08. The molecule has 230 valence electrons. The van der Waals surface area contributed by atoms with Gasteiger partial charge in [0.25, 0.3) is 0 Å². The van der Waals surface area contributed by atoms with Crippen LogP contribution in [0.3, 0.4) is 0 Å². The molecule has 9 nitrogen and oxygen atoms in total. The lowest BCUT2D eigenvalue weighted by Gasteiger charge is -2.32. The second-order valence-corrected chi connectivity index (χ2v) is 12.1. The van der Waals surface area contributed by atoms with E-state index in [1.165, 1.54) is 12.1 Å². The normalized spacial score (nSPS) is 16.2. The fraction of sp³-hybridized carbons (Fsp3) is 0.371. The number of carbonyl (C=O) groups is 1. The first-order valence-corrected chi connectivity index (χ1v) is 15.2. The maximum absolute atomic E-state index is 14.2. The van der Waals surface area contributed by atoms with Crippen LogP contribution >= 0.6 is 0 Å². The number of nitriles is 2. The van der Waals surface area contributed by atoms with Crippen LogP contribution < -0.4 is 9.47 Å². The van der Waals surface area contributed by atoms with Gasteiger partial charge in [-0.1, -0.05) is 18.2 Å². The number of halogens is 1. The number of ether oxygens (including phenoxy) is 2. The lowest BCUT2D eigenvalue weighted by molar-refractivity contribution is -0.136. The molecule has 2 heterocycles. The number of imidazole rings is 1. The fourth-order valence-electron chi connectivity index (χ4n) is 6.01. The molecule has 4 aromatic rings. The van der Waals surface area contributed by atoms with Gasteiger partial charge in [0.1, 0.15) is 24.3 Å². The summed E-state index contributed by atoms with van der Waals surface area (Å²) in [7, 11) is 0. The third-order valence-corrected chi connectivity index (χ3v) is 8.71. The highest BCUT2D eigenvalue weighted by Gasteiger charge is 2.43. The van der Waals surface area contributed by atoms with Crippen LogP contribution in [0.25, 0.3) is 11.0 Å². The summed E-state index contributed by atoms with van der Waals surface area (Å²) in [5.41, 5.74) is 3.57. The van der Waals surface area contributed by atoms with Gasteiger partial charge in [-0.3, -0.25) is 9.69 Å². The van der Waals surface area contributed by atoms with Crippen molar-refractivity contribution in [3.8, 4) is 23.6 Å². The maximum Gasteiger partial charge on any atom is 0.307 e. The Labute approximate surface area is 261 Å². The van der Waals surface area contributed by atoms with E-state index in [0.717, 1.165) is 78.6 Å². The van der Waals surface area contributed by atoms with Crippen molar-refractivity contribution in [3.63, 3.8) is 0 Å². The highest BCUT2D eigenvalue weighted by molar-refractivity contribution is 5.79. The van der Waals surface area contributed by atoms with Crippen molar-refractivity contribution in [2.24, 2.45) is 5.41 Å². The van der Waals surface area contributed by atoms with Crippen LogP contribution in [-0.2, 0) is 30.9 Å². The number of benzene rings is 3. The number of aromatic nitrogens is 2. The Morgan fingerprint density at radius 1 is 1.07 bits per heavy atom. The average molecular weight is 608 g/mol. The minimum absolute atomic E-state index is 0.0312. The molecule has 10 heteroatoms. The van der Waals surface area contributed by atoms with Crippen LogP contribution in [0.2, 0.25) is 0 Å². The summed E-state index contributed by atoms with van der Waals surface area (Å²) in [5, 5.41) is 27.7. The summed E-state index contributed by atoms with van der Waals surface area (Å²) in [6, 6.07) is 21.7. The highest BCUT2D eigenvalue weighted by atomic mass is 19.1. The molecular formula is C35H34FN5O4. The predicted molar refractivity (Wildman–Crippen MR) is 164 cm³/mol. The zero-order valence-electron chi connectivity index (χ0n) is 24.9. The van der Waals surface area contributed by atoms with Gasteiger partial charge >= 0.3 is 5.97 Å². The number of carboxylic acids is 1. The van der Waals surface area contributed by atoms with Crippen LogP contribution in [-0.4, -0.2) is 44.7 Å². The molecule has 1 saturated carbocycles. The summed E-state index contributed by atoms with van der Waals surface area (Å²) in [6.07, 6.45) is 4.23. The number of rotatable bonds is 12. The largest absolute Gasteiger partial charge is 0.490 e. The predicted octanol–water partition coefficient (Wildman–Crippen LogP) is 5.99. The van der Waals surface area contributed by atoms with E-state index in [2.05, 4.69) is 15.5 Å².